The number of hydrogen-bond donors (Lipinski definition) is 1. The summed E-state index contributed by atoms with van der Waals surface area (Å²) in [6.07, 6.45) is -2.66. The molecule has 2 rings (SSSR count). The van der Waals surface area contributed by atoms with Crippen LogP contribution in [0, 0.1) is 5.92 Å². The third kappa shape index (κ3) is 4.31. The lowest BCUT2D eigenvalue weighted by Crippen LogP contribution is -2.23. The number of rotatable bonds is 4. The number of pyridine rings is 1. The molecule has 6 nitrogen and oxygen atoms in total. The number of sulfonamides is 1. The van der Waals surface area contributed by atoms with E-state index in [9.17, 15) is 21.6 Å². The molecule has 1 saturated heterocycles. The number of hydrogen-bond acceptors (Lipinski definition) is 5. The quantitative estimate of drug-likeness (QED) is 0.898. The first-order valence-electron chi connectivity index (χ1n) is 6.48. The highest BCUT2D eigenvalue weighted by Crippen LogP contribution is 2.36. The summed E-state index contributed by atoms with van der Waals surface area (Å²) in [5.41, 5.74) is -1.26. The largest absolute Gasteiger partial charge is 0.477 e. The fourth-order valence-corrected chi connectivity index (χ4v) is 2.50. The fourth-order valence-electron chi connectivity index (χ4n) is 2.02. The van der Waals surface area contributed by atoms with Crippen LogP contribution < -0.4 is 9.88 Å². The van der Waals surface area contributed by atoms with Crippen LogP contribution in [0.25, 0.3) is 0 Å². The van der Waals surface area contributed by atoms with Crippen molar-refractivity contribution in [1.82, 2.24) is 4.98 Å². The first kappa shape index (κ1) is 17.0. The summed E-state index contributed by atoms with van der Waals surface area (Å²) in [5.74, 6) is -0.569. The van der Waals surface area contributed by atoms with E-state index in [1.54, 1.807) is 0 Å². The molecule has 2 N–H and O–H groups in total. The molecular formula is C12H15F3N2O4S. The summed E-state index contributed by atoms with van der Waals surface area (Å²) in [6, 6.07) is 0.432. The number of halogens is 3. The van der Waals surface area contributed by atoms with Crippen LogP contribution in [0.2, 0.25) is 0 Å². The summed E-state index contributed by atoms with van der Waals surface area (Å²) in [4.78, 5) is 2.75. The van der Waals surface area contributed by atoms with E-state index in [0.717, 1.165) is 6.20 Å². The predicted molar refractivity (Wildman–Crippen MR) is 69.7 cm³/mol. The Balaban J connectivity index is 2.22. The van der Waals surface area contributed by atoms with Gasteiger partial charge in [0, 0.05) is 13.2 Å². The SMILES string of the molecule is NS(=O)(=O)c1cnc(OCC2CCOCC2)c(C(F)(F)F)c1. The van der Waals surface area contributed by atoms with E-state index in [2.05, 4.69) is 4.98 Å². The normalized spacial score (nSPS) is 17.5. The Morgan fingerprint density at radius 3 is 2.55 bits per heavy atom. The Morgan fingerprint density at radius 2 is 2.00 bits per heavy atom. The number of aromatic nitrogens is 1. The van der Waals surface area contributed by atoms with Crippen LogP contribution in [-0.2, 0) is 20.9 Å². The summed E-state index contributed by atoms with van der Waals surface area (Å²) >= 11 is 0. The highest BCUT2D eigenvalue weighted by Gasteiger charge is 2.36. The van der Waals surface area contributed by atoms with E-state index in [1.807, 2.05) is 0 Å². The number of primary sulfonamides is 1. The molecule has 1 aliphatic rings. The molecule has 0 spiro atoms. The van der Waals surface area contributed by atoms with Gasteiger partial charge in [0.1, 0.15) is 10.5 Å². The molecule has 0 atom stereocenters. The molecule has 1 fully saturated rings. The number of alkyl halides is 3. The molecule has 0 aliphatic carbocycles. The molecule has 22 heavy (non-hydrogen) atoms. The number of ether oxygens (including phenoxy) is 2. The summed E-state index contributed by atoms with van der Waals surface area (Å²) in [5, 5.41) is 4.82. The fraction of sp³-hybridized carbons (Fsp3) is 0.583. The molecule has 124 valence electrons. The lowest BCUT2D eigenvalue weighted by Gasteiger charge is -2.22. The highest BCUT2D eigenvalue weighted by molar-refractivity contribution is 7.89. The van der Waals surface area contributed by atoms with Gasteiger partial charge in [0.25, 0.3) is 0 Å². The van der Waals surface area contributed by atoms with E-state index >= 15 is 0 Å². The predicted octanol–water partition coefficient (Wildman–Crippen LogP) is 1.55. The molecule has 0 radical (unpaired) electrons. The zero-order valence-electron chi connectivity index (χ0n) is 11.5. The monoisotopic (exact) mass is 340 g/mol. The van der Waals surface area contributed by atoms with Crippen molar-refractivity contribution in [3.8, 4) is 5.88 Å². The van der Waals surface area contributed by atoms with Gasteiger partial charge in [0.15, 0.2) is 0 Å². The van der Waals surface area contributed by atoms with Crippen molar-refractivity contribution in [2.24, 2.45) is 11.1 Å². The minimum Gasteiger partial charge on any atom is -0.477 e. The van der Waals surface area contributed by atoms with Crippen LogP contribution in [0.3, 0.4) is 0 Å². The van der Waals surface area contributed by atoms with Crippen LogP contribution in [0.1, 0.15) is 18.4 Å². The molecule has 1 aliphatic heterocycles. The summed E-state index contributed by atoms with van der Waals surface area (Å²) < 4.78 is 71.6. The molecule has 1 aromatic heterocycles. The third-order valence-corrected chi connectivity index (χ3v) is 4.14. The van der Waals surface area contributed by atoms with E-state index in [0.29, 0.717) is 32.1 Å². The van der Waals surface area contributed by atoms with Gasteiger partial charge in [-0.25, -0.2) is 18.5 Å². The maximum Gasteiger partial charge on any atom is 0.421 e. The number of nitrogens with two attached hydrogens (primary N) is 1. The second kappa shape index (κ2) is 6.39. The minimum absolute atomic E-state index is 0.0637. The van der Waals surface area contributed by atoms with Crippen molar-refractivity contribution < 1.29 is 31.1 Å². The Labute approximate surface area is 125 Å². The minimum atomic E-state index is -4.79. The third-order valence-electron chi connectivity index (χ3n) is 3.26. The Morgan fingerprint density at radius 1 is 1.36 bits per heavy atom. The zero-order valence-corrected chi connectivity index (χ0v) is 12.3. The second-order valence-electron chi connectivity index (χ2n) is 4.93. The van der Waals surface area contributed by atoms with Crippen LogP contribution in [0.15, 0.2) is 17.2 Å². The molecule has 0 amide bonds. The van der Waals surface area contributed by atoms with E-state index in [4.69, 9.17) is 14.6 Å². The zero-order chi connectivity index (χ0) is 16.4. The maximum atomic E-state index is 13.0. The molecular weight excluding hydrogens is 325 g/mol. The lowest BCUT2D eigenvalue weighted by molar-refractivity contribution is -0.139. The Bertz CT molecular complexity index is 628. The van der Waals surface area contributed by atoms with Gasteiger partial charge in [0.2, 0.25) is 15.9 Å². The van der Waals surface area contributed by atoms with Crippen molar-refractivity contribution in [3.63, 3.8) is 0 Å². The van der Waals surface area contributed by atoms with Crippen molar-refractivity contribution in [2.45, 2.75) is 23.9 Å². The van der Waals surface area contributed by atoms with Gasteiger partial charge in [0.05, 0.1) is 12.8 Å². The van der Waals surface area contributed by atoms with Gasteiger partial charge in [-0.1, -0.05) is 0 Å². The second-order valence-corrected chi connectivity index (χ2v) is 6.49. The first-order valence-corrected chi connectivity index (χ1v) is 8.03. The van der Waals surface area contributed by atoms with Crippen molar-refractivity contribution in [1.29, 1.82) is 0 Å². The molecule has 0 saturated carbocycles. The average molecular weight is 340 g/mol. The van der Waals surface area contributed by atoms with Gasteiger partial charge in [-0.2, -0.15) is 13.2 Å². The molecule has 2 heterocycles. The lowest BCUT2D eigenvalue weighted by atomic mass is 10.0. The highest BCUT2D eigenvalue weighted by atomic mass is 32.2. The van der Waals surface area contributed by atoms with Gasteiger partial charge in [-0.15, -0.1) is 0 Å². The van der Waals surface area contributed by atoms with Crippen molar-refractivity contribution >= 4 is 10.0 Å². The van der Waals surface area contributed by atoms with Crippen LogP contribution >= 0.6 is 0 Å². The van der Waals surface area contributed by atoms with Gasteiger partial charge in [-0.05, 0) is 24.8 Å². The van der Waals surface area contributed by atoms with Gasteiger partial charge < -0.3 is 9.47 Å². The average Bonchev–Trinajstić information content (AvgIpc) is 2.44. The van der Waals surface area contributed by atoms with Crippen LogP contribution in [0.4, 0.5) is 13.2 Å². The standard InChI is InChI=1S/C12H15F3N2O4S/c13-12(14,15)10-5-9(22(16,18)19)6-17-11(10)21-7-8-1-3-20-4-2-8/h5-6,8H,1-4,7H2,(H2,16,18,19). The first-order chi connectivity index (χ1) is 10.2. The summed E-state index contributed by atoms with van der Waals surface area (Å²) in [6.45, 7) is 1.14. The van der Waals surface area contributed by atoms with Crippen molar-refractivity contribution in [2.75, 3.05) is 19.8 Å². The Kier molecular flexibility index (Phi) is 4.93. The van der Waals surface area contributed by atoms with Crippen LogP contribution in [0.5, 0.6) is 5.88 Å². The molecule has 0 bridgehead atoms. The molecule has 10 heteroatoms. The summed E-state index contributed by atoms with van der Waals surface area (Å²) in [7, 11) is -4.27. The topological polar surface area (TPSA) is 91.5 Å². The maximum absolute atomic E-state index is 13.0. The smallest absolute Gasteiger partial charge is 0.421 e. The van der Waals surface area contributed by atoms with E-state index in [1.165, 1.54) is 0 Å². The van der Waals surface area contributed by atoms with E-state index < -0.39 is 32.5 Å². The van der Waals surface area contributed by atoms with Gasteiger partial charge in [-0.3, -0.25) is 0 Å². The molecule has 0 aromatic carbocycles. The Hall–Kier alpha value is -1.39. The number of nitrogens with zero attached hydrogens (tertiary/aromatic N) is 1. The molecule has 0 unspecified atom stereocenters. The van der Waals surface area contributed by atoms with Gasteiger partial charge >= 0.3 is 6.18 Å². The molecule has 1 aromatic rings. The van der Waals surface area contributed by atoms with E-state index in [-0.39, 0.29) is 12.5 Å². The van der Waals surface area contributed by atoms with Crippen molar-refractivity contribution in [3.05, 3.63) is 17.8 Å². The van der Waals surface area contributed by atoms with Crippen LogP contribution in [-0.4, -0.2) is 33.2 Å².